The van der Waals surface area contributed by atoms with Crippen LogP contribution in [0.3, 0.4) is 0 Å². The van der Waals surface area contributed by atoms with Crippen molar-refractivity contribution in [3.05, 3.63) is 48.8 Å². The van der Waals surface area contributed by atoms with Gasteiger partial charge in [0.05, 0.1) is 6.07 Å². The minimum Gasteiger partial charge on any atom is -0.504 e. The van der Waals surface area contributed by atoms with Gasteiger partial charge in [0.25, 0.3) is 0 Å². The van der Waals surface area contributed by atoms with E-state index in [-0.39, 0.29) is 11.5 Å². The van der Waals surface area contributed by atoms with Gasteiger partial charge < -0.3 is 10.2 Å². The van der Waals surface area contributed by atoms with Gasteiger partial charge in [-0.1, -0.05) is 6.07 Å². The first-order chi connectivity index (χ1) is 6.77. The maximum absolute atomic E-state index is 9.30. The van der Waals surface area contributed by atoms with Gasteiger partial charge in [0.2, 0.25) is 5.69 Å². The van der Waals surface area contributed by atoms with E-state index in [1.807, 2.05) is 35.2 Å². The third kappa shape index (κ3) is 1.52. The summed E-state index contributed by atoms with van der Waals surface area (Å²) >= 11 is 0. The largest absolute Gasteiger partial charge is 0.504 e. The van der Waals surface area contributed by atoms with Crippen LogP contribution in [-0.4, -0.2) is 10.2 Å². The van der Waals surface area contributed by atoms with Gasteiger partial charge in [0.15, 0.2) is 23.9 Å². The third-order valence-electron chi connectivity index (χ3n) is 1.97. The summed E-state index contributed by atoms with van der Waals surface area (Å²) in [6.07, 6.45) is 3.73. The molecule has 0 saturated carbocycles. The standard InChI is InChI=1S/C11H9NO2/c13-10-5-4-9(8-11(10)14)12-6-2-1-3-7-12/h1-8H,(H-,13,14)/p+1. The van der Waals surface area contributed by atoms with Crippen molar-refractivity contribution in [2.45, 2.75) is 0 Å². The molecular formula is C11H10NO2+. The number of aromatic hydroxyl groups is 2. The van der Waals surface area contributed by atoms with Gasteiger partial charge in [-0.15, -0.1) is 0 Å². The fourth-order valence-corrected chi connectivity index (χ4v) is 1.24. The molecule has 1 aromatic heterocycles. The van der Waals surface area contributed by atoms with E-state index in [0.717, 1.165) is 5.69 Å². The summed E-state index contributed by atoms with van der Waals surface area (Å²) < 4.78 is 1.85. The zero-order valence-corrected chi connectivity index (χ0v) is 7.46. The fourth-order valence-electron chi connectivity index (χ4n) is 1.24. The Morgan fingerprint density at radius 2 is 1.57 bits per heavy atom. The Morgan fingerprint density at radius 3 is 2.21 bits per heavy atom. The monoisotopic (exact) mass is 188 g/mol. The van der Waals surface area contributed by atoms with Crippen LogP contribution >= 0.6 is 0 Å². The molecule has 0 aliphatic heterocycles. The summed E-state index contributed by atoms with van der Waals surface area (Å²) in [6, 6.07) is 10.4. The predicted molar refractivity (Wildman–Crippen MR) is 51.3 cm³/mol. The average Bonchev–Trinajstić information content (AvgIpc) is 2.23. The van der Waals surface area contributed by atoms with Gasteiger partial charge >= 0.3 is 0 Å². The van der Waals surface area contributed by atoms with Gasteiger partial charge in [0, 0.05) is 18.2 Å². The Morgan fingerprint density at radius 1 is 0.857 bits per heavy atom. The molecule has 0 atom stereocenters. The number of benzene rings is 1. The molecule has 2 rings (SSSR count). The molecule has 0 spiro atoms. The summed E-state index contributed by atoms with van der Waals surface area (Å²) in [7, 11) is 0. The summed E-state index contributed by atoms with van der Waals surface area (Å²) in [6.45, 7) is 0. The van der Waals surface area contributed by atoms with Gasteiger partial charge in [-0.2, -0.15) is 4.57 Å². The van der Waals surface area contributed by atoms with Gasteiger partial charge in [-0.25, -0.2) is 0 Å². The van der Waals surface area contributed by atoms with Crippen LogP contribution in [0.4, 0.5) is 0 Å². The van der Waals surface area contributed by atoms with Crippen LogP contribution in [0.1, 0.15) is 0 Å². The van der Waals surface area contributed by atoms with E-state index < -0.39 is 0 Å². The van der Waals surface area contributed by atoms with Gasteiger partial charge in [-0.3, -0.25) is 0 Å². The molecule has 2 aromatic rings. The Labute approximate surface area is 81.5 Å². The average molecular weight is 188 g/mol. The predicted octanol–water partition coefficient (Wildman–Crippen LogP) is 1.37. The second kappa shape index (κ2) is 3.38. The highest BCUT2D eigenvalue weighted by molar-refractivity contribution is 5.43. The molecule has 1 heterocycles. The maximum Gasteiger partial charge on any atom is 0.214 e. The molecule has 14 heavy (non-hydrogen) atoms. The van der Waals surface area contributed by atoms with Crippen molar-refractivity contribution in [1.29, 1.82) is 0 Å². The van der Waals surface area contributed by atoms with E-state index in [1.165, 1.54) is 12.1 Å². The van der Waals surface area contributed by atoms with E-state index in [4.69, 9.17) is 5.11 Å². The Balaban J connectivity index is 2.48. The van der Waals surface area contributed by atoms with E-state index in [9.17, 15) is 5.11 Å². The van der Waals surface area contributed by atoms with Crippen molar-refractivity contribution in [2.75, 3.05) is 0 Å². The minimum absolute atomic E-state index is 0.106. The quantitative estimate of drug-likeness (QED) is 0.524. The number of hydrogen-bond acceptors (Lipinski definition) is 2. The zero-order valence-electron chi connectivity index (χ0n) is 7.46. The second-order valence-corrected chi connectivity index (χ2v) is 2.96. The van der Waals surface area contributed by atoms with Crippen molar-refractivity contribution >= 4 is 0 Å². The molecule has 3 nitrogen and oxygen atoms in total. The molecule has 70 valence electrons. The SMILES string of the molecule is Oc1ccc(-[n+]2ccccc2)cc1O. The normalized spacial score (nSPS) is 10.0. The summed E-state index contributed by atoms with van der Waals surface area (Å²) in [5.74, 6) is -0.218. The van der Waals surface area contributed by atoms with Gasteiger partial charge in [-0.05, 0) is 6.07 Å². The lowest BCUT2D eigenvalue weighted by Crippen LogP contribution is -2.28. The van der Waals surface area contributed by atoms with Crippen molar-refractivity contribution in [1.82, 2.24) is 0 Å². The highest BCUT2D eigenvalue weighted by Crippen LogP contribution is 2.24. The van der Waals surface area contributed by atoms with Crippen molar-refractivity contribution in [3.63, 3.8) is 0 Å². The topological polar surface area (TPSA) is 44.3 Å². The lowest BCUT2D eigenvalue weighted by Gasteiger charge is -1.98. The molecular weight excluding hydrogens is 178 g/mol. The lowest BCUT2D eigenvalue weighted by atomic mass is 10.2. The summed E-state index contributed by atoms with van der Waals surface area (Å²) in [5, 5.41) is 18.4. The molecule has 0 saturated heterocycles. The Hall–Kier alpha value is -2.03. The number of pyridine rings is 1. The highest BCUT2D eigenvalue weighted by atomic mass is 16.3. The first kappa shape index (κ1) is 8.56. The number of hydrogen-bond donors (Lipinski definition) is 2. The molecule has 0 aliphatic carbocycles. The van der Waals surface area contributed by atoms with E-state index in [2.05, 4.69) is 0 Å². The third-order valence-corrected chi connectivity index (χ3v) is 1.97. The number of rotatable bonds is 1. The highest BCUT2D eigenvalue weighted by Gasteiger charge is 2.07. The molecule has 1 aromatic carbocycles. The fraction of sp³-hybridized carbons (Fsp3) is 0. The summed E-state index contributed by atoms with van der Waals surface area (Å²) in [4.78, 5) is 0. The second-order valence-electron chi connectivity index (χ2n) is 2.96. The van der Waals surface area contributed by atoms with E-state index >= 15 is 0 Å². The van der Waals surface area contributed by atoms with Crippen LogP contribution in [0.5, 0.6) is 11.5 Å². The van der Waals surface area contributed by atoms with Crippen LogP contribution in [0, 0.1) is 0 Å². The number of aromatic nitrogens is 1. The van der Waals surface area contributed by atoms with Crippen LogP contribution in [0.25, 0.3) is 5.69 Å². The summed E-state index contributed by atoms with van der Waals surface area (Å²) in [5.41, 5.74) is 0.806. The molecule has 0 aliphatic rings. The zero-order chi connectivity index (χ0) is 9.97. The molecule has 0 fully saturated rings. The van der Waals surface area contributed by atoms with E-state index in [0.29, 0.717) is 0 Å². The minimum atomic E-state index is -0.112. The van der Waals surface area contributed by atoms with Crippen LogP contribution in [-0.2, 0) is 0 Å². The Kier molecular flexibility index (Phi) is 2.07. The van der Waals surface area contributed by atoms with Gasteiger partial charge in [0.1, 0.15) is 0 Å². The number of phenolic OH excluding ortho intramolecular Hbond substituents is 2. The molecule has 0 unspecified atom stereocenters. The maximum atomic E-state index is 9.30. The van der Waals surface area contributed by atoms with Crippen LogP contribution in [0.2, 0.25) is 0 Å². The molecule has 0 amide bonds. The molecule has 0 bridgehead atoms. The molecule has 2 N–H and O–H groups in total. The molecule has 3 heteroatoms. The number of nitrogens with zero attached hydrogens (tertiary/aromatic N) is 1. The van der Waals surface area contributed by atoms with Crippen molar-refractivity contribution in [2.24, 2.45) is 0 Å². The first-order valence-electron chi connectivity index (χ1n) is 4.26. The van der Waals surface area contributed by atoms with Crippen LogP contribution in [0.15, 0.2) is 48.8 Å². The van der Waals surface area contributed by atoms with E-state index in [1.54, 1.807) is 6.07 Å². The molecule has 0 radical (unpaired) electrons. The number of phenols is 2. The van der Waals surface area contributed by atoms with Crippen LogP contribution < -0.4 is 4.57 Å². The smallest absolute Gasteiger partial charge is 0.214 e. The van der Waals surface area contributed by atoms with Crippen molar-refractivity contribution in [3.8, 4) is 17.2 Å². The lowest BCUT2D eigenvalue weighted by molar-refractivity contribution is -0.595. The first-order valence-corrected chi connectivity index (χ1v) is 4.26. The van der Waals surface area contributed by atoms with Crippen molar-refractivity contribution < 1.29 is 14.8 Å². The Bertz CT molecular complexity index is 440.